The van der Waals surface area contributed by atoms with E-state index in [1.54, 1.807) is 12.2 Å². The number of carbonyl (C=O) groups excluding carboxylic acids is 2. The van der Waals surface area contributed by atoms with Gasteiger partial charge in [0.05, 0.1) is 12.7 Å². The smallest absolute Gasteiger partial charge is 0.462 e. The van der Waals surface area contributed by atoms with E-state index in [9.17, 15) is 19.3 Å². The standard InChI is InChI=1S/C31H51O9P/c1-3-5-7-9-10-11-12-13-14-15-16-18-19-22-28(32)23-21-25-30(33)38-26-29(27-39-41(35,36)37)40-31(34)24-20-17-8-6-4-2/h5,7,10-11,13-14,16,18-19,22,28-29,32H,3-4,6,8-9,12,15,17,20-21,23-27H2,1-2H3,(H2,35,36,37)/b7-5-,11-10-,14-13-,18-16-,22-19+/t28?,29-/m1/s1. The van der Waals surface area contributed by atoms with Gasteiger partial charge in [0, 0.05) is 12.8 Å². The minimum atomic E-state index is -4.78. The average Bonchev–Trinajstić information content (AvgIpc) is 2.92. The average molecular weight is 599 g/mol. The Bertz CT molecular complexity index is 871. The number of rotatable bonds is 25. The van der Waals surface area contributed by atoms with E-state index >= 15 is 0 Å². The normalized spacial score (nSPS) is 14.2. The summed E-state index contributed by atoms with van der Waals surface area (Å²) < 4.78 is 25.8. The number of carbonyl (C=O) groups is 2. The van der Waals surface area contributed by atoms with E-state index < -0.39 is 38.6 Å². The molecule has 0 aromatic carbocycles. The van der Waals surface area contributed by atoms with Crippen molar-refractivity contribution >= 4 is 19.8 Å². The molecule has 234 valence electrons. The molecule has 3 N–H and O–H groups in total. The molecule has 0 radical (unpaired) electrons. The molecule has 0 heterocycles. The van der Waals surface area contributed by atoms with Gasteiger partial charge in [-0.2, -0.15) is 0 Å². The summed E-state index contributed by atoms with van der Waals surface area (Å²) in [6.45, 7) is 3.23. The molecule has 9 nitrogen and oxygen atoms in total. The zero-order valence-corrected chi connectivity index (χ0v) is 25.7. The first-order valence-corrected chi connectivity index (χ1v) is 16.2. The van der Waals surface area contributed by atoms with Crippen LogP contribution in [0, 0.1) is 0 Å². The third kappa shape index (κ3) is 29.0. The van der Waals surface area contributed by atoms with Crippen molar-refractivity contribution < 1.29 is 43.0 Å². The molecule has 0 saturated heterocycles. The molecule has 0 fully saturated rings. The van der Waals surface area contributed by atoms with Gasteiger partial charge in [0.15, 0.2) is 6.10 Å². The molecule has 0 aliphatic heterocycles. The maximum Gasteiger partial charge on any atom is 0.469 e. The van der Waals surface area contributed by atoms with Gasteiger partial charge < -0.3 is 24.4 Å². The third-order valence-corrected chi connectivity index (χ3v) is 6.14. The summed E-state index contributed by atoms with van der Waals surface area (Å²) in [6.07, 6.45) is 27.5. The lowest BCUT2D eigenvalue weighted by Crippen LogP contribution is -2.29. The lowest BCUT2D eigenvalue weighted by atomic mass is 10.1. The van der Waals surface area contributed by atoms with E-state index in [0.717, 1.165) is 51.4 Å². The predicted octanol–water partition coefficient (Wildman–Crippen LogP) is 6.80. The van der Waals surface area contributed by atoms with Gasteiger partial charge in [-0.3, -0.25) is 14.1 Å². The van der Waals surface area contributed by atoms with Gasteiger partial charge in [-0.15, -0.1) is 0 Å². The quantitative estimate of drug-likeness (QED) is 0.0340. The van der Waals surface area contributed by atoms with Gasteiger partial charge in [-0.05, 0) is 44.9 Å². The Hall–Kier alpha value is -2.29. The Labute approximate surface area is 246 Å². The molecule has 0 rings (SSSR count). The van der Waals surface area contributed by atoms with Crippen molar-refractivity contribution in [1.82, 2.24) is 0 Å². The van der Waals surface area contributed by atoms with Crippen LogP contribution in [0.5, 0.6) is 0 Å². The minimum absolute atomic E-state index is 0.0340. The van der Waals surface area contributed by atoms with Crippen LogP contribution in [0.3, 0.4) is 0 Å². The summed E-state index contributed by atoms with van der Waals surface area (Å²) in [5.74, 6) is -1.11. The summed E-state index contributed by atoms with van der Waals surface area (Å²) in [5.41, 5.74) is 0. The zero-order valence-electron chi connectivity index (χ0n) is 24.8. The van der Waals surface area contributed by atoms with Crippen molar-refractivity contribution in [3.63, 3.8) is 0 Å². The summed E-state index contributed by atoms with van der Waals surface area (Å²) >= 11 is 0. The lowest BCUT2D eigenvalue weighted by Gasteiger charge is -2.18. The molecule has 0 bridgehead atoms. The van der Waals surface area contributed by atoms with E-state index in [2.05, 4.69) is 54.8 Å². The fourth-order valence-corrected chi connectivity index (χ4v) is 3.82. The molecule has 0 aromatic heterocycles. The summed E-state index contributed by atoms with van der Waals surface area (Å²) in [4.78, 5) is 42.1. The van der Waals surface area contributed by atoms with E-state index in [4.69, 9.17) is 19.3 Å². The van der Waals surface area contributed by atoms with Crippen LogP contribution in [-0.4, -0.2) is 52.3 Å². The SMILES string of the molecule is CC/C=C\C/C=C\C/C=C\C/C=C\C=C\C(O)CCCC(=O)OC[C@H](COP(=O)(O)O)OC(=O)CCCCCCC. The second kappa shape index (κ2) is 26.6. The zero-order chi connectivity index (χ0) is 30.6. The number of ether oxygens (including phenoxy) is 2. The number of esters is 2. The second-order valence-corrected chi connectivity index (χ2v) is 10.8. The number of allylic oxidation sites excluding steroid dienone is 9. The molecule has 0 spiro atoms. The Morgan fingerprint density at radius 2 is 1.37 bits per heavy atom. The molecule has 41 heavy (non-hydrogen) atoms. The minimum Gasteiger partial charge on any atom is -0.462 e. The van der Waals surface area contributed by atoms with Gasteiger partial charge in [0.2, 0.25) is 0 Å². The van der Waals surface area contributed by atoms with Crippen molar-refractivity contribution in [2.24, 2.45) is 0 Å². The number of aliphatic hydroxyl groups is 1. The summed E-state index contributed by atoms with van der Waals surface area (Å²) in [5, 5.41) is 10.1. The number of aliphatic hydroxyl groups excluding tert-OH is 1. The van der Waals surface area contributed by atoms with E-state index in [1.807, 2.05) is 12.2 Å². The topological polar surface area (TPSA) is 140 Å². The fourth-order valence-electron chi connectivity index (χ4n) is 3.46. The van der Waals surface area contributed by atoms with Crippen LogP contribution in [0.15, 0.2) is 60.8 Å². The first-order valence-electron chi connectivity index (χ1n) is 14.7. The Morgan fingerprint density at radius 3 is 2.00 bits per heavy atom. The molecule has 10 heteroatoms. The first-order chi connectivity index (χ1) is 19.7. The molecule has 0 aliphatic rings. The van der Waals surface area contributed by atoms with Crippen LogP contribution >= 0.6 is 7.82 Å². The molecule has 0 amide bonds. The van der Waals surface area contributed by atoms with Crippen LogP contribution in [0.1, 0.15) is 97.3 Å². The van der Waals surface area contributed by atoms with Crippen LogP contribution in [-0.2, 0) is 28.2 Å². The molecule has 0 saturated carbocycles. The third-order valence-electron chi connectivity index (χ3n) is 5.65. The molecule has 2 atom stereocenters. The monoisotopic (exact) mass is 598 g/mol. The van der Waals surface area contributed by atoms with Gasteiger partial charge in [-0.1, -0.05) is 100 Å². The van der Waals surface area contributed by atoms with E-state index in [-0.39, 0.29) is 19.4 Å². The van der Waals surface area contributed by atoms with Crippen molar-refractivity contribution in [3.8, 4) is 0 Å². The highest BCUT2D eigenvalue weighted by molar-refractivity contribution is 7.46. The van der Waals surface area contributed by atoms with Crippen LogP contribution in [0.4, 0.5) is 0 Å². The van der Waals surface area contributed by atoms with Gasteiger partial charge in [0.25, 0.3) is 0 Å². The highest BCUT2D eigenvalue weighted by Crippen LogP contribution is 2.35. The van der Waals surface area contributed by atoms with Gasteiger partial charge >= 0.3 is 19.8 Å². The number of phosphoric acid groups is 1. The summed E-state index contributed by atoms with van der Waals surface area (Å²) in [7, 11) is -4.78. The van der Waals surface area contributed by atoms with Crippen molar-refractivity contribution in [2.75, 3.05) is 13.2 Å². The van der Waals surface area contributed by atoms with Crippen LogP contribution in [0.25, 0.3) is 0 Å². The highest BCUT2D eigenvalue weighted by Gasteiger charge is 2.22. The second-order valence-electron chi connectivity index (χ2n) is 9.55. The van der Waals surface area contributed by atoms with Gasteiger partial charge in [0.1, 0.15) is 6.61 Å². The number of phosphoric ester groups is 1. The van der Waals surface area contributed by atoms with Crippen molar-refractivity contribution in [3.05, 3.63) is 60.8 Å². The molecule has 0 aromatic rings. The maximum absolute atomic E-state index is 12.1. The van der Waals surface area contributed by atoms with Crippen molar-refractivity contribution in [2.45, 2.75) is 110 Å². The number of hydrogen-bond donors (Lipinski definition) is 3. The number of unbranched alkanes of at least 4 members (excludes halogenated alkanes) is 4. The molecule has 1 unspecified atom stereocenters. The Kier molecular flexibility index (Phi) is 25.1. The van der Waals surface area contributed by atoms with Crippen LogP contribution < -0.4 is 0 Å². The molecular formula is C31H51O9P. The fraction of sp³-hybridized carbons (Fsp3) is 0.613. The maximum atomic E-state index is 12.1. The highest BCUT2D eigenvalue weighted by atomic mass is 31.2. The Balaban J connectivity index is 4.25. The summed E-state index contributed by atoms with van der Waals surface area (Å²) in [6, 6.07) is 0. The van der Waals surface area contributed by atoms with Gasteiger partial charge in [-0.25, -0.2) is 4.57 Å². The van der Waals surface area contributed by atoms with E-state index in [1.165, 1.54) is 0 Å². The number of hydrogen-bond acceptors (Lipinski definition) is 7. The lowest BCUT2D eigenvalue weighted by molar-refractivity contribution is -0.161. The largest absolute Gasteiger partial charge is 0.469 e. The first kappa shape index (κ1) is 38.7. The van der Waals surface area contributed by atoms with Crippen LogP contribution in [0.2, 0.25) is 0 Å². The van der Waals surface area contributed by atoms with Crippen molar-refractivity contribution in [1.29, 1.82) is 0 Å². The predicted molar refractivity (Wildman–Crippen MR) is 162 cm³/mol. The Morgan fingerprint density at radius 1 is 0.756 bits per heavy atom. The molecule has 0 aliphatic carbocycles. The van der Waals surface area contributed by atoms with E-state index in [0.29, 0.717) is 19.3 Å². The molecular weight excluding hydrogens is 547 g/mol.